The van der Waals surface area contributed by atoms with Crippen LogP contribution in [0.1, 0.15) is 22.8 Å². The van der Waals surface area contributed by atoms with Crippen LogP contribution in [0.4, 0.5) is 0 Å². The van der Waals surface area contributed by atoms with Crippen LogP contribution in [0.5, 0.6) is 5.75 Å². The summed E-state index contributed by atoms with van der Waals surface area (Å²) in [6, 6.07) is 5.00. The topological polar surface area (TPSA) is 52.6 Å². The predicted octanol–water partition coefficient (Wildman–Crippen LogP) is 1.37. The molecule has 0 fully saturated rings. The van der Waals surface area contributed by atoms with Gasteiger partial charge in [0.15, 0.2) is 0 Å². The molecular formula is C12H12O4. The summed E-state index contributed by atoms with van der Waals surface area (Å²) < 4.78 is 9.97. The molecule has 16 heavy (non-hydrogen) atoms. The van der Waals surface area contributed by atoms with Gasteiger partial charge in [0.05, 0.1) is 13.2 Å². The SMILES string of the molecule is CCOC(=O)C(=O)c1ccc2c(c1)CCO2. The summed E-state index contributed by atoms with van der Waals surface area (Å²) >= 11 is 0. The van der Waals surface area contributed by atoms with Crippen LogP contribution in [0.25, 0.3) is 0 Å². The van der Waals surface area contributed by atoms with Gasteiger partial charge < -0.3 is 9.47 Å². The van der Waals surface area contributed by atoms with Gasteiger partial charge in [-0.1, -0.05) is 0 Å². The fourth-order valence-corrected chi connectivity index (χ4v) is 1.64. The van der Waals surface area contributed by atoms with E-state index in [0.717, 1.165) is 17.7 Å². The Hall–Kier alpha value is -1.84. The zero-order valence-electron chi connectivity index (χ0n) is 8.99. The molecule has 0 amide bonds. The molecule has 0 radical (unpaired) electrons. The number of rotatable bonds is 3. The smallest absolute Gasteiger partial charge is 0.379 e. The van der Waals surface area contributed by atoms with Gasteiger partial charge in [-0.2, -0.15) is 0 Å². The van der Waals surface area contributed by atoms with Crippen molar-refractivity contribution in [3.05, 3.63) is 29.3 Å². The highest BCUT2D eigenvalue weighted by Crippen LogP contribution is 2.26. The molecule has 1 aromatic carbocycles. The number of hydrogen-bond donors (Lipinski definition) is 0. The lowest BCUT2D eigenvalue weighted by molar-refractivity contribution is -0.137. The highest BCUT2D eigenvalue weighted by atomic mass is 16.5. The zero-order chi connectivity index (χ0) is 11.5. The number of esters is 1. The minimum absolute atomic E-state index is 0.207. The summed E-state index contributed by atoms with van der Waals surface area (Å²) in [5.74, 6) is -0.613. The minimum atomic E-state index is -0.804. The van der Waals surface area contributed by atoms with Crippen LogP contribution in [0, 0.1) is 0 Å². The number of carbonyl (C=O) groups is 2. The molecule has 0 aliphatic carbocycles. The van der Waals surface area contributed by atoms with Crippen molar-refractivity contribution in [1.82, 2.24) is 0 Å². The molecule has 0 saturated carbocycles. The van der Waals surface area contributed by atoms with Gasteiger partial charge in [0.1, 0.15) is 5.75 Å². The second kappa shape index (κ2) is 4.35. The summed E-state index contributed by atoms with van der Waals surface area (Å²) in [4.78, 5) is 22.9. The van der Waals surface area contributed by atoms with Gasteiger partial charge in [0.25, 0.3) is 5.78 Å². The van der Waals surface area contributed by atoms with Crippen LogP contribution in [-0.4, -0.2) is 25.0 Å². The molecule has 1 aliphatic heterocycles. The molecule has 4 nitrogen and oxygen atoms in total. The molecular weight excluding hydrogens is 208 g/mol. The van der Waals surface area contributed by atoms with Crippen LogP contribution in [0.15, 0.2) is 18.2 Å². The molecule has 84 valence electrons. The first-order valence-electron chi connectivity index (χ1n) is 5.19. The van der Waals surface area contributed by atoms with E-state index in [1.54, 1.807) is 25.1 Å². The van der Waals surface area contributed by atoms with E-state index in [2.05, 4.69) is 4.74 Å². The zero-order valence-corrected chi connectivity index (χ0v) is 8.99. The van der Waals surface area contributed by atoms with E-state index in [1.165, 1.54) is 0 Å². The lowest BCUT2D eigenvalue weighted by Crippen LogP contribution is -2.17. The fraction of sp³-hybridized carbons (Fsp3) is 0.333. The molecule has 0 saturated heterocycles. The molecule has 0 bridgehead atoms. The van der Waals surface area contributed by atoms with Crippen molar-refractivity contribution in [2.24, 2.45) is 0 Å². The van der Waals surface area contributed by atoms with Gasteiger partial charge >= 0.3 is 5.97 Å². The van der Waals surface area contributed by atoms with Crippen molar-refractivity contribution >= 4 is 11.8 Å². The van der Waals surface area contributed by atoms with Crippen molar-refractivity contribution < 1.29 is 19.1 Å². The Bertz CT molecular complexity index is 437. The highest BCUT2D eigenvalue weighted by Gasteiger charge is 2.20. The Labute approximate surface area is 93.2 Å². The molecule has 0 aromatic heterocycles. The summed E-state index contributed by atoms with van der Waals surface area (Å²) in [6.07, 6.45) is 0.777. The first-order valence-corrected chi connectivity index (χ1v) is 5.19. The van der Waals surface area contributed by atoms with Gasteiger partial charge in [-0.25, -0.2) is 4.79 Å². The van der Waals surface area contributed by atoms with E-state index in [4.69, 9.17) is 4.74 Å². The third kappa shape index (κ3) is 1.91. The van der Waals surface area contributed by atoms with Crippen molar-refractivity contribution in [1.29, 1.82) is 0 Å². The largest absolute Gasteiger partial charge is 0.493 e. The van der Waals surface area contributed by atoms with Crippen molar-refractivity contribution in [3.8, 4) is 5.75 Å². The first-order chi connectivity index (χ1) is 7.72. The molecule has 1 heterocycles. The number of carbonyl (C=O) groups excluding carboxylic acids is 2. The Kier molecular flexibility index (Phi) is 2.90. The standard InChI is InChI=1S/C12H12O4/c1-2-15-12(14)11(13)9-3-4-10-8(7-9)5-6-16-10/h3-4,7H,2,5-6H2,1H3. The third-order valence-corrected chi connectivity index (χ3v) is 2.41. The maximum Gasteiger partial charge on any atom is 0.379 e. The number of fused-ring (bicyclic) bond motifs is 1. The Morgan fingerprint density at radius 1 is 1.44 bits per heavy atom. The molecule has 4 heteroatoms. The number of hydrogen-bond acceptors (Lipinski definition) is 4. The summed E-state index contributed by atoms with van der Waals surface area (Å²) in [5, 5.41) is 0. The number of benzene rings is 1. The average Bonchev–Trinajstić information content (AvgIpc) is 2.75. The van der Waals surface area contributed by atoms with E-state index >= 15 is 0 Å². The minimum Gasteiger partial charge on any atom is -0.493 e. The highest BCUT2D eigenvalue weighted by molar-refractivity contribution is 6.40. The quantitative estimate of drug-likeness (QED) is 0.438. The van der Waals surface area contributed by atoms with E-state index < -0.39 is 11.8 Å². The molecule has 0 N–H and O–H groups in total. The van der Waals surface area contributed by atoms with Crippen LogP contribution in [0.3, 0.4) is 0 Å². The average molecular weight is 220 g/mol. The van der Waals surface area contributed by atoms with Crippen molar-refractivity contribution in [2.75, 3.05) is 13.2 Å². The van der Waals surface area contributed by atoms with Crippen molar-refractivity contribution in [3.63, 3.8) is 0 Å². The van der Waals surface area contributed by atoms with Gasteiger partial charge in [0.2, 0.25) is 0 Å². The first kappa shape index (κ1) is 10.7. The summed E-state index contributed by atoms with van der Waals surface area (Å²) in [7, 11) is 0. The van der Waals surface area contributed by atoms with Gasteiger partial charge in [-0.15, -0.1) is 0 Å². The van der Waals surface area contributed by atoms with Crippen LogP contribution in [-0.2, 0) is 16.0 Å². The predicted molar refractivity (Wildman–Crippen MR) is 56.6 cm³/mol. The Morgan fingerprint density at radius 3 is 3.00 bits per heavy atom. The maximum atomic E-state index is 11.6. The Balaban J connectivity index is 2.21. The van der Waals surface area contributed by atoms with Gasteiger partial charge in [0, 0.05) is 12.0 Å². The van der Waals surface area contributed by atoms with Crippen molar-refractivity contribution in [2.45, 2.75) is 13.3 Å². The van der Waals surface area contributed by atoms with E-state index in [9.17, 15) is 9.59 Å². The molecule has 0 unspecified atom stereocenters. The molecule has 1 aromatic rings. The molecule has 0 atom stereocenters. The summed E-state index contributed by atoms with van der Waals surface area (Å²) in [5.41, 5.74) is 1.33. The number of Topliss-reactive ketones (excluding diaryl/α,β-unsaturated/α-hetero) is 1. The van der Waals surface area contributed by atoms with Gasteiger partial charge in [-0.05, 0) is 30.7 Å². The lowest BCUT2D eigenvalue weighted by Gasteiger charge is -2.03. The fourth-order valence-electron chi connectivity index (χ4n) is 1.64. The molecule has 1 aliphatic rings. The number of ether oxygens (including phenoxy) is 2. The second-order valence-corrected chi connectivity index (χ2v) is 3.47. The van der Waals surface area contributed by atoms with E-state index in [0.29, 0.717) is 12.2 Å². The van der Waals surface area contributed by atoms with E-state index in [-0.39, 0.29) is 6.61 Å². The normalized spacial score (nSPS) is 12.8. The molecule has 0 spiro atoms. The number of ketones is 1. The van der Waals surface area contributed by atoms with Crippen LogP contribution < -0.4 is 4.74 Å². The lowest BCUT2D eigenvalue weighted by atomic mass is 10.1. The summed E-state index contributed by atoms with van der Waals surface area (Å²) in [6.45, 7) is 2.51. The second-order valence-electron chi connectivity index (χ2n) is 3.47. The Morgan fingerprint density at radius 2 is 2.25 bits per heavy atom. The third-order valence-electron chi connectivity index (χ3n) is 2.41. The van der Waals surface area contributed by atoms with Crippen LogP contribution in [0.2, 0.25) is 0 Å². The van der Waals surface area contributed by atoms with Gasteiger partial charge in [-0.3, -0.25) is 4.79 Å². The monoisotopic (exact) mass is 220 g/mol. The van der Waals surface area contributed by atoms with Crippen LogP contribution >= 0.6 is 0 Å². The van der Waals surface area contributed by atoms with E-state index in [1.807, 2.05) is 0 Å². The molecule has 2 rings (SSSR count). The maximum absolute atomic E-state index is 11.6.